The van der Waals surface area contributed by atoms with Crippen LogP contribution in [0.3, 0.4) is 0 Å². The number of pyridine rings is 1. The number of rotatable bonds is 4. The van der Waals surface area contributed by atoms with Crippen molar-refractivity contribution in [1.29, 1.82) is 0 Å². The standard InChI is InChI=1S/C13H15Cl2N3O3/c1-6(2)5-20-13(19)12-11(15)7(16)3-8(17-12)9-4-10(14)18-21-9/h3,6,9H,4-5H2,1-2H3,(H2,16,17). The third kappa shape index (κ3) is 3.77. The van der Waals surface area contributed by atoms with Gasteiger partial charge in [-0.25, -0.2) is 9.78 Å². The second-order valence-electron chi connectivity index (χ2n) is 5.06. The van der Waals surface area contributed by atoms with E-state index in [0.717, 1.165) is 0 Å². The topological polar surface area (TPSA) is 86.8 Å². The first kappa shape index (κ1) is 15.9. The van der Waals surface area contributed by atoms with Gasteiger partial charge in [0, 0.05) is 6.42 Å². The second kappa shape index (κ2) is 6.49. The molecule has 0 fully saturated rings. The van der Waals surface area contributed by atoms with Crippen molar-refractivity contribution in [3.8, 4) is 0 Å². The van der Waals surface area contributed by atoms with E-state index in [2.05, 4.69) is 10.1 Å². The lowest BCUT2D eigenvalue weighted by Crippen LogP contribution is -2.15. The molecule has 0 aliphatic carbocycles. The Morgan fingerprint density at radius 2 is 2.29 bits per heavy atom. The van der Waals surface area contributed by atoms with E-state index in [1.54, 1.807) is 0 Å². The quantitative estimate of drug-likeness (QED) is 0.856. The number of ether oxygens (including phenoxy) is 1. The van der Waals surface area contributed by atoms with Gasteiger partial charge in [0.15, 0.2) is 11.8 Å². The number of hydrogen-bond acceptors (Lipinski definition) is 6. The third-order valence-electron chi connectivity index (χ3n) is 2.71. The second-order valence-corrected chi connectivity index (χ2v) is 5.87. The molecule has 8 heteroatoms. The summed E-state index contributed by atoms with van der Waals surface area (Å²) in [6, 6.07) is 1.54. The molecule has 0 saturated carbocycles. The summed E-state index contributed by atoms with van der Waals surface area (Å²) in [5.41, 5.74) is 6.45. The van der Waals surface area contributed by atoms with Crippen LogP contribution in [0, 0.1) is 5.92 Å². The lowest BCUT2D eigenvalue weighted by molar-refractivity contribution is 0.0449. The zero-order valence-electron chi connectivity index (χ0n) is 11.6. The highest BCUT2D eigenvalue weighted by atomic mass is 35.5. The van der Waals surface area contributed by atoms with Crippen LogP contribution in [0.15, 0.2) is 11.2 Å². The molecule has 1 atom stereocenters. The summed E-state index contributed by atoms with van der Waals surface area (Å²) in [5.74, 6) is -0.411. The molecule has 114 valence electrons. The molecule has 2 rings (SSSR count). The molecule has 0 radical (unpaired) electrons. The van der Waals surface area contributed by atoms with Crippen LogP contribution in [0.2, 0.25) is 5.02 Å². The number of halogens is 2. The van der Waals surface area contributed by atoms with Gasteiger partial charge in [-0.15, -0.1) is 0 Å². The molecule has 21 heavy (non-hydrogen) atoms. The van der Waals surface area contributed by atoms with E-state index >= 15 is 0 Å². The number of nitrogens with two attached hydrogens (primary N) is 1. The number of nitrogen functional groups attached to an aromatic ring is 1. The first-order valence-corrected chi connectivity index (χ1v) is 7.15. The molecule has 0 saturated heterocycles. The smallest absolute Gasteiger partial charge is 0.358 e. The molecule has 6 nitrogen and oxygen atoms in total. The molecule has 2 N–H and O–H groups in total. The highest BCUT2D eigenvalue weighted by Gasteiger charge is 2.26. The van der Waals surface area contributed by atoms with Crippen LogP contribution in [-0.4, -0.2) is 22.7 Å². The van der Waals surface area contributed by atoms with Gasteiger partial charge in [-0.3, -0.25) is 0 Å². The van der Waals surface area contributed by atoms with Gasteiger partial charge in [0.05, 0.1) is 23.0 Å². The molecule has 1 aromatic heterocycles. The van der Waals surface area contributed by atoms with Crippen molar-refractivity contribution in [2.45, 2.75) is 26.4 Å². The van der Waals surface area contributed by atoms with Crippen LogP contribution in [0.1, 0.15) is 42.6 Å². The Morgan fingerprint density at radius 1 is 1.57 bits per heavy atom. The predicted molar refractivity (Wildman–Crippen MR) is 80.5 cm³/mol. The van der Waals surface area contributed by atoms with Gasteiger partial charge in [-0.2, -0.15) is 0 Å². The van der Waals surface area contributed by atoms with Crippen LogP contribution in [0.4, 0.5) is 5.69 Å². The summed E-state index contributed by atoms with van der Waals surface area (Å²) in [4.78, 5) is 21.3. The first-order chi connectivity index (χ1) is 9.88. The van der Waals surface area contributed by atoms with Gasteiger partial charge < -0.3 is 15.3 Å². The predicted octanol–water partition coefficient (Wildman–Crippen LogP) is 3.14. The lowest BCUT2D eigenvalue weighted by atomic mass is 10.1. The Hall–Kier alpha value is -1.53. The SMILES string of the molecule is CC(C)COC(=O)c1nc(C2CC(Cl)=NO2)cc(N)c1Cl. The van der Waals surface area contributed by atoms with Crippen LogP contribution < -0.4 is 5.73 Å². The number of esters is 1. The third-order valence-corrected chi connectivity index (χ3v) is 3.33. The number of aromatic nitrogens is 1. The normalized spacial score (nSPS) is 17.6. The number of oxime groups is 1. The lowest BCUT2D eigenvalue weighted by Gasteiger charge is -2.13. The Kier molecular flexibility index (Phi) is 4.90. The van der Waals surface area contributed by atoms with E-state index in [1.807, 2.05) is 13.8 Å². The summed E-state index contributed by atoms with van der Waals surface area (Å²) < 4.78 is 5.13. The monoisotopic (exact) mass is 331 g/mol. The van der Waals surface area contributed by atoms with Gasteiger partial charge in [-0.1, -0.05) is 42.2 Å². The van der Waals surface area contributed by atoms with Crippen LogP contribution in [-0.2, 0) is 9.57 Å². The summed E-state index contributed by atoms with van der Waals surface area (Å²) in [6.07, 6.45) is -0.107. The number of carbonyl (C=O) groups excluding carboxylic acids is 1. The maximum Gasteiger partial charge on any atom is 0.358 e. The molecular formula is C13H15Cl2N3O3. The number of anilines is 1. The summed E-state index contributed by atoms with van der Waals surface area (Å²) in [5, 5.41) is 4.03. The van der Waals surface area contributed by atoms with Gasteiger partial charge in [0.2, 0.25) is 0 Å². The van der Waals surface area contributed by atoms with Crippen molar-refractivity contribution in [3.05, 3.63) is 22.5 Å². The highest BCUT2D eigenvalue weighted by Crippen LogP contribution is 2.32. The van der Waals surface area contributed by atoms with E-state index in [4.69, 9.17) is 38.5 Å². The Bertz CT molecular complexity index is 590. The number of carbonyl (C=O) groups is 1. The average molecular weight is 332 g/mol. The van der Waals surface area contributed by atoms with Gasteiger partial charge in [0.25, 0.3) is 0 Å². The molecule has 1 aromatic rings. The minimum absolute atomic E-state index is 0.0288. The molecule has 1 unspecified atom stereocenters. The number of hydrogen-bond donors (Lipinski definition) is 1. The van der Waals surface area contributed by atoms with Crippen molar-refractivity contribution in [2.24, 2.45) is 11.1 Å². The molecule has 0 amide bonds. The van der Waals surface area contributed by atoms with Crippen molar-refractivity contribution in [1.82, 2.24) is 4.98 Å². The minimum Gasteiger partial charge on any atom is -0.461 e. The van der Waals surface area contributed by atoms with Crippen molar-refractivity contribution in [2.75, 3.05) is 12.3 Å². The summed E-state index contributed by atoms with van der Waals surface area (Å²) in [6.45, 7) is 4.13. The fraction of sp³-hybridized carbons (Fsp3) is 0.462. The van der Waals surface area contributed by atoms with Crippen LogP contribution >= 0.6 is 23.2 Å². The van der Waals surface area contributed by atoms with Gasteiger partial charge >= 0.3 is 5.97 Å². The Morgan fingerprint density at radius 3 is 2.86 bits per heavy atom. The zero-order valence-corrected chi connectivity index (χ0v) is 13.1. The van der Waals surface area contributed by atoms with Gasteiger partial charge in [-0.05, 0) is 12.0 Å². The Labute approximate surface area is 132 Å². The van der Waals surface area contributed by atoms with Crippen LogP contribution in [0.25, 0.3) is 0 Å². The van der Waals surface area contributed by atoms with E-state index in [-0.39, 0.29) is 28.9 Å². The molecule has 0 spiro atoms. The molecule has 2 heterocycles. The fourth-order valence-corrected chi connectivity index (χ4v) is 2.04. The average Bonchev–Trinajstić information content (AvgIpc) is 2.85. The van der Waals surface area contributed by atoms with Crippen molar-refractivity contribution >= 4 is 40.0 Å². The zero-order chi connectivity index (χ0) is 15.6. The molecular weight excluding hydrogens is 317 g/mol. The molecule has 0 bridgehead atoms. The fourth-order valence-electron chi connectivity index (χ4n) is 1.69. The van der Waals surface area contributed by atoms with E-state index in [1.165, 1.54) is 6.07 Å². The van der Waals surface area contributed by atoms with Crippen LogP contribution in [0.5, 0.6) is 0 Å². The van der Waals surface area contributed by atoms with E-state index in [9.17, 15) is 4.79 Å². The molecule has 1 aliphatic rings. The first-order valence-electron chi connectivity index (χ1n) is 6.39. The van der Waals surface area contributed by atoms with E-state index in [0.29, 0.717) is 17.3 Å². The molecule has 1 aliphatic heterocycles. The summed E-state index contributed by atoms with van der Waals surface area (Å²) in [7, 11) is 0. The minimum atomic E-state index is -0.618. The summed E-state index contributed by atoms with van der Waals surface area (Å²) >= 11 is 11.8. The van der Waals surface area contributed by atoms with Gasteiger partial charge in [0.1, 0.15) is 5.17 Å². The largest absolute Gasteiger partial charge is 0.461 e. The molecule has 0 aromatic carbocycles. The van der Waals surface area contributed by atoms with Crippen molar-refractivity contribution in [3.63, 3.8) is 0 Å². The number of nitrogens with zero attached hydrogens (tertiary/aromatic N) is 2. The highest BCUT2D eigenvalue weighted by molar-refractivity contribution is 6.65. The van der Waals surface area contributed by atoms with Crippen molar-refractivity contribution < 1.29 is 14.4 Å². The Balaban J connectivity index is 2.24. The maximum absolute atomic E-state index is 12.0. The maximum atomic E-state index is 12.0. The van der Waals surface area contributed by atoms with E-state index < -0.39 is 12.1 Å².